The van der Waals surface area contributed by atoms with Gasteiger partial charge >= 0.3 is 5.76 Å². The van der Waals surface area contributed by atoms with E-state index in [0.29, 0.717) is 12.3 Å². The molecule has 120 valence electrons. The van der Waals surface area contributed by atoms with Gasteiger partial charge in [-0.2, -0.15) is 0 Å². The van der Waals surface area contributed by atoms with Crippen LogP contribution in [0.1, 0.15) is 5.56 Å². The Kier molecular flexibility index (Phi) is 3.67. The molecule has 4 heteroatoms. The molecule has 4 nitrogen and oxygen atoms in total. The highest BCUT2D eigenvalue weighted by molar-refractivity contribution is 5.82. The molecule has 1 N–H and O–H groups in total. The third-order valence-corrected chi connectivity index (χ3v) is 4.32. The Labute approximate surface area is 139 Å². The van der Waals surface area contributed by atoms with Gasteiger partial charge in [0.05, 0.1) is 12.6 Å². The van der Waals surface area contributed by atoms with E-state index < -0.39 is 0 Å². The predicted octanol–water partition coefficient (Wildman–Crippen LogP) is 2.42. The summed E-state index contributed by atoms with van der Waals surface area (Å²) in [6.07, 6.45) is 0. The van der Waals surface area contributed by atoms with E-state index in [4.69, 9.17) is 4.42 Å². The quantitative estimate of drug-likeness (QED) is 0.627. The van der Waals surface area contributed by atoms with Crippen LogP contribution in [0.2, 0.25) is 0 Å². The molecule has 0 saturated carbocycles. The third-order valence-electron chi connectivity index (χ3n) is 4.32. The van der Waals surface area contributed by atoms with Crippen LogP contribution in [0.4, 0.5) is 0 Å². The van der Waals surface area contributed by atoms with E-state index in [0.717, 1.165) is 12.1 Å². The van der Waals surface area contributed by atoms with Gasteiger partial charge in [0.25, 0.3) is 0 Å². The van der Waals surface area contributed by atoms with E-state index in [-0.39, 0.29) is 5.76 Å². The minimum atomic E-state index is -0.297. The fraction of sp³-hybridized carbons (Fsp3) is 0.150. The van der Waals surface area contributed by atoms with E-state index >= 15 is 0 Å². The molecule has 4 rings (SSSR count). The highest BCUT2D eigenvalue weighted by atomic mass is 16.4. The van der Waals surface area contributed by atoms with E-state index in [1.807, 2.05) is 24.3 Å². The van der Waals surface area contributed by atoms with Gasteiger partial charge in [-0.3, -0.25) is 0 Å². The van der Waals surface area contributed by atoms with Gasteiger partial charge in [-0.05, 0) is 29.0 Å². The van der Waals surface area contributed by atoms with Crippen molar-refractivity contribution in [2.24, 2.45) is 0 Å². The standard InChI is InChI=1S/C20H18N2O2/c1-21(13-15-10-11-16-6-2-3-7-17(16)12-15)14-22-18-8-4-5-9-19(18)24-20(22)23/h2-12H,13-14H2,1H3/p+1. The van der Waals surface area contributed by atoms with Crippen molar-refractivity contribution in [3.05, 3.63) is 82.8 Å². The molecule has 0 saturated heterocycles. The summed E-state index contributed by atoms with van der Waals surface area (Å²) in [5, 5.41) is 2.49. The van der Waals surface area contributed by atoms with Crippen LogP contribution in [0.5, 0.6) is 0 Å². The third kappa shape index (κ3) is 2.72. The topological polar surface area (TPSA) is 39.6 Å². The number of nitrogens with one attached hydrogen (secondary N) is 1. The summed E-state index contributed by atoms with van der Waals surface area (Å²) in [5.74, 6) is -0.297. The van der Waals surface area contributed by atoms with E-state index in [9.17, 15) is 4.79 Å². The average molecular weight is 319 g/mol. The number of benzene rings is 3. The zero-order valence-corrected chi connectivity index (χ0v) is 13.5. The molecule has 0 aliphatic rings. The Hall–Kier alpha value is -2.85. The first-order valence-electron chi connectivity index (χ1n) is 8.08. The largest absolute Gasteiger partial charge is 0.424 e. The smallest absolute Gasteiger partial charge is 0.408 e. The molecule has 1 unspecified atom stereocenters. The van der Waals surface area contributed by atoms with Gasteiger partial charge in [0.15, 0.2) is 12.3 Å². The predicted molar refractivity (Wildman–Crippen MR) is 95.0 cm³/mol. The number of nitrogens with zero attached hydrogens (tertiary/aromatic N) is 1. The number of quaternary nitrogens is 1. The van der Waals surface area contributed by atoms with Crippen molar-refractivity contribution in [2.75, 3.05) is 7.05 Å². The van der Waals surface area contributed by atoms with Crippen LogP contribution in [0.25, 0.3) is 21.9 Å². The van der Waals surface area contributed by atoms with Gasteiger partial charge in [0.2, 0.25) is 0 Å². The number of oxazole rings is 1. The molecule has 0 aliphatic heterocycles. The first kappa shape index (κ1) is 14.7. The summed E-state index contributed by atoms with van der Waals surface area (Å²) in [6.45, 7) is 1.42. The number of hydrogen-bond donors (Lipinski definition) is 1. The van der Waals surface area contributed by atoms with Crippen molar-refractivity contribution in [2.45, 2.75) is 13.2 Å². The Balaban J connectivity index is 1.58. The second-order valence-electron chi connectivity index (χ2n) is 6.24. The molecule has 24 heavy (non-hydrogen) atoms. The molecule has 0 aliphatic carbocycles. The lowest BCUT2D eigenvalue weighted by atomic mass is 10.1. The van der Waals surface area contributed by atoms with Crippen LogP contribution in [0.15, 0.2) is 75.9 Å². The molecule has 0 radical (unpaired) electrons. The summed E-state index contributed by atoms with van der Waals surface area (Å²) in [5.41, 5.74) is 2.74. The molecule has 0 amide bonds. The zero-order chi connectivity index (χ0) is 16.5. The molecule has 4 aromatic rings. The number of para-hydroxylation sites is 2. The minimum absolute atomic E-state index is 0.297. The van der Waals surface area contributed by atoms with Crippen LogP contribution in [-0.4, -0.2) is 11.6 Å². The van der Waals surface area contributed by atoms with Crippen LogP contribution in [-0.2, 0) is 13.2 Å². The lowest BCUT2D eigenvalue weighted by Crippen LogP contribution is -3.07. The fourth-order valence-electron chi connectivity index (χ4n) is 3.19. The summed E-state index contributed by atoms with van der Waals surface area (Å²) >= 11 is 0. The molecule has 0 spiro atoms. The van der Waals surface area contributed by atoms with Crippen molar-refractivity contribution in [3.8, 4) is 0 Å². The first-order valence-corrected chi connectivity index (χ1v) is 8.08. The summed E-state index contributed by atoms with van der Waals surface area (Å²) < 4.78 is 7.00. The first-order chi connectivity index (χ1) is 11.7. The van der Waals surface area contributed by atoms with Crippen molar-refractivity contribution >= 4 is 21.9 Å². The van der Waals surface area contributed by atoms with Gasteiger partial charge in [-0.1, -0.05) is 48.5 Å². The number of hydrogen-bond acceptors (Lipinski definition) is 2. The van der Waals surface area contributed by atoms with Crippen LogP contribution < -0.4 is 10.7 Å². The molecule has 3 aromatic carbocycles. The van der Waals surface area contributed by atoms with Crippen molar-refractivity contribution in [1.29, 1.82) is 0 Å². The molecule has 0 fully saturated rings. The monoisotopic (exact) mass is 319 g/mol. The molecular weight excluding hydrogens is 300 g/mol. The minimum Gasteiger partial charge on any atom is -0.408 e. The number of rotatable bonds is 4. The van der Waals surface area contributed by atoms with E-state index in [2.05, 4.69) is 49.5 Å². The van der Waals surface area contributed by atoms with Gasteiger partial charge in [-0.15, -0.1) is 0 Å². The molecule has 1 atom stereocenters. The average Bonchev–Trinajstić information content (AvgIpc) is 2.90. The van der Waals surface area contributed by atoms with Crippen molar-refractivity contribution in [3.63, 3.8) is 0 Å². The van der Waals surface area contributed by atoms with Crippen LogP contribution in [0.3, 0.4) is 0 Å². The van der Waals surface area contributed by atoms with Gasteiger partial charge in [0.1, 0.15) is 6.54 Å². The summed E-state index contributed by atoms with van der Waals surface area (Å²) in [7, 11) is 2.09. The van der Waals surface area contributed by atoms with Gasteiger partial charge in [-0.25, -0.2) is 9.36 Å². The van der Waals surface area contributed by atoms with Crippen LogP contribution >= 0.6 is 0 Å². The van der Waals surface area contributed by atoms with Crippen molar-refractivity contribution < 1.29 is 9.32 Å². The van der Waals surface area contributed by atoms with Gasteiger partial charge < -0.3 is 9.32 Å². The van der Waals surface area contributed by atoms with E-state index in [1.165, 1.54) is 21.2 Å². The van der Waals surface area contributed by atoms with Crippen molar-refractivity contribution in [1.82, 2.24) is 4.57 Å². The molecule has 1 aromatic heterocycles. The Morgan fingerprint density at radius 2 is 1.71 bits per heavy atom. The Bertz CT molecular complexity index is 1060. The Morgan fingerprint density at radius 1 is 0.958 bits per heavy atom. The maximum absolute atomic E-state index is 12.1. The lowest BCUT2D eigenvalue weighted by molar-refractivity contribution is -0.916. The fourth-order valence-corrected chi connectivity index (χ4v) is 3.19. The number of aromatic nitrogens is 1. The summed E-state index contributed by atoms with van der Waals surface area (Å²) in [6, 6.07) is 22.4. The Morgan fingerprint density at radius 3 is 2.58 bits per heavy atom. The highest BCUT2D eigenvalue weighted by Gasteiger charge is 2.13. The summed E-state index contributed by atoms with van der Waals surface area (Å²) in [4.78, 5) is 13.3. The maximum Gasteiger partial charge on any atom is 0.424 e. The molecular formula is C20H19N2O2+. The SMILES string of the molecule is C[NH+](Cc1ccc2ccccc2c1)Cn1c(=O)oc2ccccc21. The molecule has 0 bridgehead atoms. The lowest BCUT2D eigenvalue weighted by Gasteiger charge is -2.14. The maximum atomic E-state index is 12.1. The van der Waals surface area contributed by atoms with Crippen LogP contribution in [0, 0.1) is 0 Å². The van der Waals surface area contributed by atoms with E-state index in [1.54, 1.807) is 4.57 Å². The number of fused-ring (bicyclic) bond motifs is 2. The second-order valence-corrected chi connectivity index (χ2v) is 6.24. The highest BCUT2D eigenvalue weighted by Crippen LogP contribution is 2.15. The second kappa shape index (κ2) is 5.98. The zero-order valence-electron chi connectivity index (χ0n) is 13.5. The normalized spacial score (nSPS) is 12.7. The van der Waals surface area contributed by atoms with Gasteiger partial charge in [0, 0.05) is 5.56 Å². The molecule has 1 heterocycles.